The lowest BCUT2D eigenvalue weighted by Gasteiger charge is -2.19. The van der Waals surface area contributed by atoms with E-state index >= 15 is 0 Å². The van der Waals surface area contributed by atoms with Crippen LogP contribution in [0.4, 0.5) is 0 Å². The van der Waals surface area contributed by atoms with Crippen molar-refractivity contribution in [2.24, 2.45) is 5.73 Å². The molecule has 10 heteroatoms. The number of unbranched alkanes of at least 4 members (excludes halogenated alkanes) is 26. The molecule has 0 rings (SSSR count). The standard InChI is InChI=1S/C60H106NO8P/c1-3-5-7-9-11-13-15-17-19-21-23-25-27-28-29-31-32-34-36-38-40-42-44-46-48-50-52-59(62)66-56-58(57-68-70(64,65)67-55-54-61)69-60(63)53-51-49-47-45-43-41-39-37-35-33-30-26-24-22-20-18-16-14-12-10-8-6-4-2/h6,8,12,14,18,20,24,26,33,35,39,41,45,47,58H,3-5,7,9-11,13,15-17,19,21-23,25,27-32,34,36-38,40,42-44,46,48-57,61H2,1-2H3,(H,64,65)/b8-6-,14-12-,20-18-,26-24-,35-33-,41-39-,47-45-. The minimum atomic E-state index is -4.41. The van der Waals surface area contributed by atoms with E-state index in [-0.39, 0.29) is 32.6 Å². The highest BCUT2D eigenvalue weighted by Gasteiger charge is 2.26. The molecule has 0 aromatic carbocycles. The molecule has 0 amide bonds. The van der Waals surface area contributed by atoms with E-state index in [9.17, 15) is 19.0 Å². The summed E-state index contributed by atoms with van der Waals surface area (Å²) in [5.74, 6) is -0.893. The van der Waals surface area contributed by atoms with E-state index in [0.29, 0.717) is 12.8 Å². The molecule has 0 aliphatic rings. The largest absolute Gasteiger partial charge is 0.472 e. The van der Waals surface area contributed by atoms with Crippen LogP contribution in [0.25, 0.3) is 0 Å². The number of phosphoric acid groups is 1. The summed E-state index contributed by atoms with van der Waals surface area (Å²) in [7, 11) is -4.41. The van der Waals surface area contributed by atoms with Gasteiger partial charge in [0, 0.05) is 19.4 Å². The lowest BCUT2D eigenvalue weighted by atomic mass is 10.0. The Labute approximate surface area is 430 Å². The SMILES string of the molecule is CC/C=C\C/C=C\C/C=C\C/C=C\C/C=C\C/C=C\C/C=C\CCCC(=O)OC(COC(=O)CCCCCCCCCCCCCCCCCCCCCCCCCCCC)COP(=O)(O)OCCN. The predicted octanol–water partition coefficient (Wildman–Crippen LogP) is 17.9. The highest BCUT2D eigenvalue weighted by Crippen LogP contribution is 2.43. The summed E-state index contributed by atoms with van der Waals surface area (Å²) < 4.78 is 32.9. The number of nitrogens with two attached hydrogens (primary N) is 1. The summed E-state index contributed by atoms with van der Waals surface area (Å²) in [5, 5.41) is 0. The normalized spacial score (nSPS) is 13.7. The molecule has 0 aliphatic carbocycles. The van der Waals surface area contributed by atoms with E-state index in [0.717, 1.165) is 64.2 Å². The Morgan fingerprint density at radius 3 is 1.16 bits per heavy atom. The van der Waals surface area contributed by atoms with Gasteiger partial charge in [0.05, 0.1) is 13.2 Å². The first-order chi connectivity index (χ1) is 34.3. The summed E-state index contributed by atoms with van der Waals surface area (Å²) in [6, 6.07) is 0. The fourth-order valence-corrected chi connectivity index (χ4v) is 8.63. The number of ether oxygens (including phenoxy) is 2. The van der Waals surface area contributed by atoms with Crippen LogP contribution in [0, 0.1) is 0 Å². The van der Waals surface area contributed by atoms with Crippen molar-refractivity contribution in [3.05, 3.63) is 85.1 Å². The monoisotopic (exact) mass is 1000 g/mol. The Balaban J connectivity index is 4.06. The van der Waals surface area contributed by atoms with Crippen molar-refractivity contribution < 1.29 is 37.6 Å². The third-order valence-corrected chi connectivity index (χ3v) is 13.0. The molecule has 0 saturated carbocycles. The molecule has 2 unspecified atom stereocenters. The Kier molecular flexibility index (Phi) is 53.3. The highest BCUT2D eigenvalue weighted by atomic mass is 31.2. The molecule has 0 aliphatic heterocycles. The zero-order valence-corrected chi connectivity index (χ0v) is 45.9. The van der Waals surface area contributed by atoms with Gasteiger partial charge in [-0.1, -0.05) is 259 Å². The van der Waals surface area contributed by atoms with Crippen LogP contribution in [0.2, 0.25) is 0 Å². The molecule has 0 aromatic rings. The van der Waals surface area contributed by atoms with Crippen molar-refractivity contribution in [3.63, 3.8) is 0 Å². The van der Waals surface area contributed by atoms with Crippen molar-refractivity contribution in [1.82, 2.24) is 0 Å². The van der Waals surface area contributed by atoms with Crippen molar-refractivity contribution >= 4 is 19.8 Å². The van der Waals surface area contributed by atoms with E-state index in [2.05, 4.69) is 92.8 Å². The van der Waals surface area contributed by atoms with Gasteiger partial charge >= 0.3 is 19.8 Å². The molecule has 2 atom stereocenters. The molecule has 9 nitrogen and oxygen atoms in total. The summed E-state index contributed by atoms with van der Waals surface area (Å²) in [5.41, 5.74) is 5.37. The van der Waals surface area contributed by atoms with Gasteiger partial charge in [-0.2, -0.15) is 0 Å². The molecule has 0 heterocycles. The first kappa shape index (κ1) is 67.2. The molecule has 70 heavy (non-hydrogen) atoms. The summed E-state index contributed by atoms with van der Waals surface area (Å²) >= 11 is 0. The van der Waals surface area contributed by atoms with Crippen LogP contribution in [0.15, 0.2) is 85.1 Å². The highest BCUT2D eigenvalue weighted by molar-refractivity contribution is 7.47. The Morgan fingerprint density at radius 1 is 0.443 bits per heavy atom. The summed E-state index contributed by atoms with van der Waals surface area (Å²) in [6.45, 7) is 3.58. The number of carbonyl (C=O) groups excluding carboxylic acids is 2. The fourth-order valence-electron chi connectivity index (χ4n) is 7.86. The van der Waals surface area contributed by atoms with Crippen molar-refractivity contribution in [2.75, 3.05) is 26.4 Å². The van der Waals surface area contributed by atoms with Crippen LogP contribution in [-0.2, 0) is 32.7 Å². The Morgan fingerprint density at radius 2 is 0.786 bits per heavy atom. The van der Waals surface area contributed by atoms with Crippen LogP contribution in [0.3, 0.4) is 0 Å². The second kappa shape index (κ2) is 55.5. The molecular formula is C60H106NO8P. The summed E-state index contributed by atoms with van der Waals surface area (Å²) in [4.78, 5) is 35.1. The van der Waals surface area contributed by atoms with Gasteiger partial charge in [0.25, 0.3) is 0 Å². The van der Waals surface area contributed by atoms with Crippen molar-refractivity contribution in [2.45, 2.75) is 258 Å². The van der Waals surface area contributed by atoms with Crippen molar-refractivity contribution in [1.29, 1.82) is 0 Å². The van der Waals surface area contributed by atoms with E-state index < -0.39 is 32.5 Å². The lowest BCUT2D eigenvalue weighted by molar-refractivity contribution is -0.161. The number of phosphoric ester groups is 1. The molecule has 3 N–H and O–H groups in total. The van der Waals surface area contributed by atoms with Gasteiger partial charge in [0.1, 0.15) is 6.61 Å². The molecule has 0 aromatic heterocycles. The number of esters is 2. The Hall–Kier alpha value is -2.81. The first-order valence-electron chi connectivity index (χ1n) is 28.6. The van der Waals surface area contributed by atoms with Crippen LogP contribution in [-0.4, -0.2) is 49.3 Å². The third kappa shape index (κ3) is 54.5. The third-order valence-electron chi connectivity index (χ3n) is 12.0. The quantitative estimate of drug-likeness (QED) is 0.0264. The molecule has 404 valence electrons. The second-order valence-corrected chi connectivity index (χ2v) is 20.2. The van der Waals surface area contributed by atoms with Gasteiger partial charge in [-0.3, -0.25) is 18.6 Å². The van der Waals surface area contributed by atoms with E-state index in [4.69, 9.17) is 24.3 Å². The average molecular weight is 1000 g/mol. The number of carbonyl (C=O) groups is 2. The molecule has 0 radical (unpaired) electrons. The van der Waals surface area contributed by atoms with Gasteiger partial charge in [-0.05, 0) is 64.2 Å². The second-order valence-electron chi connectivity index (χ2n) is 18.8. The topological polar surface area (TPSA) is 134 Å². The number of hydrogen-bond donors (Lipinski definition) is 2. The minimum absolute atomic E-state index is 0.0411. The van der Waals surface area contributed by atoms with Crippen LogP contribution >= 0.6 is 7.82 Å². The smallest absolute Gasteiger partial charge is 0.462 e. The minimum Gasteiger partial charge on any atom is -0.462 e. The average Bonchev–Trinajstić information content (AvgIpc) is 3.35. The van der Waals surface area contributed by atoms with Gasteiger partial charge in [0.2, 0.25) is 0 Å². The number of hydrogen-bond acceptors (Lipinski definition) is 8. The molecule has 0 fully saturated rings. The molecule has 0 spiro atoms. The number of allylic oxidation sites excluding steroid dienone is 14. The molecule has 0 bridgehead atoms. The zero-order valence-electron chi connectivity index (χ0n) is 45.0. The predicted molar refractivity (Wildman–Crippen MR) is 298 cm³/mol. The number of rotatable bonds is 53. The van der Waals surface area contributed by atoms with Crippen LogP contribution < -0.4 is 5.73 Å². The fraction of sp³-hybridized carbons (Fsp3) is 0.733. The lowest BCUT2D eigenvalue weighted by Crippen LogP contribution is -2.29. The van der Waals surface area contributed by atoms with Gasteiger partial charge in [0.15, 0.2) is 6.10 Å². The molecule has 0 saturated heterocycles. The summed E-state index contributed by atoms with van der Waals surface area (Å²) in [6.07, 6.45) is 72.2. The first-order valence-corrected chi connectivity index (χ1v) is 30.1. The van der Waals surface area contributed by atoms with Gasteiger partial charge in [-0.25, -0.2) is 4.57 Å². The van der Waals surface area contributed by atoms with E-state index in [1.807, 2.05) is 6.08 Å². The van der Waals surface area contributed by atoms with Crippen LogP contribution in [0.5, 0.6) is 0 Å². The maximum Gasteiger partial charge on any atom is 0.472 e. The maximum atomic E-state index is 12.7. The van der Waals surface area contributed by atoms with E-state index in [1.165, 1.54) is 148 Å². The maximum absolute atomic E-state index is 12.7. The Bertz CT molecular complexity index is 1420. The van der Waals surface area contributed by atoms with Gasteiger partial charge < -0.3 is 20.1 Å². The van der Waals surface area contributed by atoms with E-state index in [1.54, 1.807) is 0 Å². The molecular weight excluding hydrogens is 894 g/mol. The van der Waals surface area contributed by atoms with Crippen LogP contribution in [0.1, 0.15) is 251 Å². The zero-order chi connectivity index (χ0) is 51.0. The van der Waals surface area contributed by atoms with Crippen molar-refractivity contribution in [3.8, 4) is 0 Å². The van der Waals surface area contributed by atoms with Gasteiger partial charge in [-0.15, -0.1) is 0 Å².